The van der Waals surface area contributed by atoms with Gasteiger partial charge < -0.3 is 28.7 Å². The number of methoxy groups -OCH3 is 2. The fraction of sp³-hybridized carbons (Fsp3) is 0.481. The van der Waals surface area contributed by atoms with Gasteiger partial charge in [0.05, 0.1) is 39.1 Å². The number of furan rings is 1. The van der Waals surface area contributed by atoms with E-state index < -0.39 is 5.54 Å². The maximum Gasteiger partial charge on any atom is 0.271 e. The van der Waals surface area contributed by atoms with Crippen LogP contribution >= 0.6 is 0 Å². The molecule has 2 aromatic heterocycles. The van der Waals surface area contributed by atoms with Crippen LogP contribution < -0.4 is 14.8 Å². The van der Waals surface area contributed by atoms with Gasteiger partial charge in [-0.1, -0.05) is 19.1 Å². The number of benzene rings is 1. The van der Waals surface area contributed by atoms with Gasteiger partial charge in [-0.2, -0.15) is 0 Å². The molecule has 2 amide bonds. The minimum Gasteiger partial charge on any atom is -0.493 e. The van der Waals surface area contributed by atoms with Crippen molar-refractivity contribution in [3.05, 3.63) is 47.9 Å². The first-order chi connectivity index (χ1) is 16.9. The summed E-state index contributed by atoms with van der Waals surface area (Å²) in [5.74, 6) is 1.47. The second-order valence-corrected chi connectivity index (χ2v) is 10.0. The van der Waals surface area contributed by atoms with Gasteiger partial charge in [0, 0.05) is 23.7 Å². The Morgan fingerprint density at radius 1 is 1.17 bits per heavy atom. The van der Waals surface area contributed by atoms with E-state index in [9.17, 15) is 9.59 Å². The van der Waals surface area contributed by atoms with Crippen molar-refractivity contribution in [2.75, 3.05) is 14.2 Å². The highest BCUT2D eigenvalue weighted by Gasteiger charge is 2.48. The van der Waals surface area contributed by atoms with E-state index in [2.05, 4.69) is 12.2 Å². The molecule has 0 radical (unpaired) electrons. The highest BCUT2D eigenvalue weighted by molar-refractivity contribution is 6.03. The van der Waals surface area contributed by atoms with Crippen LogP contribution in [0.3, 0.4) is 0 Å². The third-order valence-corrected chi connectivity index (χ3v) is 7.70. The van der Waals surface area contributed by atoms with E-state index >= 15 is 0 Å². The Morgan fingerprint density at radius 2 is 1.94 bits per heavy atom. The van der Waals surface area contributed by atoms with Crippen molar-refractivity contribution in [2.24, 2.45) is 5.92 Å². The van der Waals surface area contributed by atoms with E-state index in [0.29, 0.717) is 35.2 Å². The van der Waals surface area contributed by atoms with Crippen LogP contribution in [0.15, 0.2) is 41.0 Å². The fourth-order valence-electron chi connectivity index (χ4n) is 5.51. The summed E-state index contributed by atoms with van der Waals surface area (Å²) in [6, 6.07) is 9.30. The number of hydrogen-bond donors (Lipinski definition) is 1. The highest BCUT2D eigenvalue weighted by Crippen LogP contribution is 2.37. The fourth-order valence-corrected chi connectivity index (χ4v) is 5.51. The molecule has 8 heteroatoms. The molecule has 5 rings (SSSR count). The lowest BCUT2D eigenvalue weighted by Crippen LogP contribution is -2.64. The first-order valence-electron chi connectivity index (χ1n) is 12.2. The number of rotatable bonds is 6. The smallest absolute Gasteiger partial charge is 0.271 e. The quantitative estimate of drug-likeness (QED) is 0.568. The summed E-state index contributed by atoms with van der Waals surface area (Å²) in [7, 11) is 3.16. The molecule has 0 spiro atoms. The Balaban J connectivity index is 1.54. The monoisotopic (exact) mass is 479 g/mol. The molecular formula is C27H33N3O5. The van der Waals surface area contributed by atoms with E-state index in [1.807, 2.05) is 35.8 Å². The number of carbonyl (C=O) groups excluding carboxylic acids is 2. The Hall–Kier alpha value is -3.42. The second kappa shape index (κ2) is 8.98. The van der Waals surface area contributed by atoms with Crippen molar-refractivity contribution < 1.29 is 23.5 Å². The van der Waals surface area contributed by atoms with Crippen LogP contribution in [0.2, 0.25) is 0 Å². The number of hydrogen-bond acceptors (Lipinski definition) is 5. The van der Waals surface area contributed by atoms with Gasteiger partial charge in [-0.3, -0.25) is 9.59 Å². The van der Waals surface area contributed by atoms with Crippen LogP contribution in [0.1, 0.15) is 55.6 Å². The Kier molecular flexibility index (Phi) is 5.99. The minimum atomic E-state index is -1.11. The third-order valence-electron chi connectivity index (χ3n) is 7.70. The predicted molar refractivity (Wildman–Crippen MR) is 132 cm³/mol. The summed E-state index contributed by atoms with van der Waals surface area (Å²) in [4.78, 5) is 29.5. The molecule has 0 saturated heterocycles. The molecule has 35 heavy (non-hydrogen) atoms. The summed E-state index contributed by atoms with van der Waals surface area (Å²) in [5.41, 5.74) is 1.63. The maximum atomic E-state index is 13.9. The first kappa shape index (κ1) is 23.3. The summed E-state index contributed by atoms with van der Waals surface area (Å²) in [6.07, 6.45) is 5.73. The predicted octanol–water partition coefficient (Wildman–Crippen LogP) is 4.36. The molecule has 1 aromatic carbocycles. The standard InChI is InChI=1S/C27H33N3O5/c1-17-8-10-19(11-9-17)28-26(32)27(2)16-29-20-12-13-35-23(20)14-21(29)25(31)30(27)15-18-6-5-7-22(33-3)24(18)34-4/h5-7,12-14,17,19H,8-11,15-16H2,1-4H3,(H,28,32). The van der Waals surface area contributed by atoms with Gasteiger partial charge >= 0.3 is 0 Å². The molecule has 1 aliphatic carbocycles. The molecule has 1 saturated carbocycles. The van der Waals surface area contributed by atoms with Crippen molar-refractivity contribution >= 4 is 22.9 Å². The van der Waals surface area contributed by atoms with Gasteiger partial charge in [0.1, 0.15) is 11.2 Å². The lowest BCUT2D eigenvalue weighted by molar-refractivity contribution is -0.134. The Labute approximate surface area is 205 Å². The number of nitrogens with zero attached hydrogens (tertiary/aromatic N) is 2. The summed E-state index contributed by atoms with van der Waals surface area (Å²) < 4.78 is 18.6. The van der Waals surface area contributed by atoms with Crippen LogP contribution in [-0.2, 0) is 17.9 Å². The van der Waals surface area contributed by atoms with Gasteiger partial charge in [-0.15, -0.1) is 0 Å². The van der Waals surface area contributed by atoms with Gasteiger partial charge in [0.15, 0.2) is 17.1 Å². The molecule has 1 aliphatic heterocycles. The second-order valence-electron chi connectivity index (χ2n) is 10.0. The van der Waals surface area contributed by atoms with E-state index in [1.54, 1.807) is 31.4 Å². The van der Waals surface area contributed by atoms with Gasteiger partial charge in [-0.05, 0) is 44.6 Å². The lowest BCUT2D eigenvalue weighted by Gasteiger charge is -2.45. The lowest BCUT2D eigenvalue weighted by atomic mass is 9.86. The SMILES string of the molecule is COc1cccc(CN2C(=O)c3cc4occc4n3CC2(C)C(=O)NC2CCC(C)CC2)c1OC. The van der Waals surface area contributed by atoms with Crippen LogP contribution in [0, 0.1) is 5.92 Å². The highest BCUT2D eigenvalue weighted by atomic mass is 16.5. The van der Waals surface area contributed by atoms with Gasteiger partial charge in [0.2, 0.25) is 5.91 Å². The Bertz CT molecular complexity index is 1250. The summed E-state index contributed by atoms with van der Waals surface area (Å²) >= 11 is 0. The normalized spacial score (nSPS) is 24.3. The molecule has 8 nitrogen and oxygen atoms in total. The maximum absolute atomic E-state index is 13.9. The van der Waals surface area contributed by atoms with E-state index in [-0.39, 0.29) is 24.4 Å². The number of carbonyl (C=O) groups is 2. The minimum absolute atomic E-state index is 0.124. The zero-order chi connectivity index (χ0) is 24.7. The number of ether oxygens (including phenoxy) is 2. The first-order valence-corrected chi connectivity index (χ1v) is 12.2. The molecule has 1 N–H and O–H groups in total. The van der Waals surface area contributed by atoms with Crippen molar-refractivity contribution in [3.8, 4) is 11.5 Å². The van der Waals surface area contributed by atoms with Crippen molar-refractivity contribution in [2.45, 2.75) is 64.2 Å². The number of fused-ring (bicyclic) bond motifs is 3. The molecule has 1 atom stereocenters. The third kappa shape index (κ3) is 3.94. The van der Waals surface area contributed by atoms with Gasteiger partial charge in [-0.25, -0.2) is 0 Å². The average molecular weight is 480 g/mol. The molecule has 3 aromatic rings. The van der Waals surface area contributed by atoms with Crippen molar-refractivity contribution in [1.29, 1.82) is 0 Å². The van der Waals surface area contributed by atoms with Gasteiger partial charge in [0.25, 0.3) is 5.91 Å². The van der Waals surface area contributed by atoms with E-state index in [4.69, 9.17) is 13.9 Å². The molecule has 3 heterocycles. The summed E-state index contributed by atoms with van der Waals surface area (Å²) in [6.45, 7) is 4.65. The largest absolute Gasteiger partial charge is 0.493 e. The van der Waals surface area contributed by atoms with Crippen LogP contribution in [-0.4, -0.2) is 47.1 Å². The molecule has 186 valence electrons. The average Bonchev–Trinajstić information content (AvgIpc) is 3.45. The van der Waals surface area contributed by atoms with E-state index in [0.717, 1.165) is 36.8 Å². The number of aromatic nitrogens is 1. The van der Waals surface area contributed by atoms with E-state index in [1.165, 1.54) is 0 Å². The molecule has 0 bridgehead atoms. The van der Waals surface area contributed by atoms with Crippen LogP contribution in [0.5, 0.6) is 11.5 Å². The van der Waals surface area contributed by atoms with Crippen molar-refractivity contribution in [3.63, 3.8) is 0 Å². The molecule has 1 unspecified atom stereocenters. The number of para-hydroxylation sites is 1. The topological polar surface area (TPSA) is 85.9 Å². The molecule has 2 aliphatic rings. The Morgan fingerprint density at radius 3 is 2.66 bits per heavy atom. The zero-order valence-corrected chi connectivity index (χ0v) is 20.8. The zero-order valence-electron chi connectivity index (χ0n) is 20.8. The summed E-state index contributed by atoms with van der Waals surface area (Å²) in [5, 5.41) is 3.28. The molecular weight excluding hydrogens is 446 g/mol. The number of amides is 2. The molecule has 1 fully saturated rings. The van der Waals surface area contributed by atoms with Crippen LogP contribution in [0.25, 0.3) is 11.1 Å². The van der Waals surface area contributed by atoms with Crippen LogP contribution in [0.4, 0.5) is 0 Å². The van der Waals surface area contributed by atoms with Crippen molar-refractivity contribution in [1.82, 2.24) is 14.8 Å². The number of nitrogens with one attached hydrogen (secondary N) is 1.